The number of piperidine rings is 1. The van der Waals surface area contributed by atoms with E-state index in [-0.39, 0.29) is 18.6 Å². The standard InChI is InChI=1S/C20H25N3O2/c1-16(20-21-10-13-22(20)2)25-15-19(24)23-11-8-18(9-12-23)14-17-6-4-3-5-7-17/h3-7,10,13-14,16H,8-9,11-12,15H2,1-2H3. The normalized spacial score (nSPS) is 15.9. The molecule has 1 aliphatic rings. The quantitative estimate of drug-likeness (QED) is 0.840. The third-order valence-electron chi connectivity index (χ3n) is 4.61. The Hall–Kier alpha value is -2.40. The smallest absolute Gasteiger partial charge is 0.248 e. The van der Waals surface area contributed by atoms with Crippen LogP contribution in [0.1, 0.15) is 37.3 Å². The van der Waals surface area contributed by atoms with Crippen molar-refractivity contribution >= 4 is 12.0 Å². The molecule has 5 heteroatoms. The first-order chi connectivity index (χ1) is 12.1. The molecule has 0 spiro atoms. The van der Waals surface area contributed by atoms with Crippen molar-refractivity contribution in [1.82, 2.24) is 14.5 Å². The lowest BCUT2D eigenvalue weighted by atomic mass is 10.0. The van der Waals surface area contributed by atoms with Crippen LogP contribution in [0.2, 0.25) is 0 Å². The van der Waals surface area contributed by atoms with Crippen LogP contribution in [0.4, 0.5) is 0 Å². The third-order valence-corrected chi connectivity index (χ3v) is 4.61. The van der Waals surface area contributed by atoms with Crippen LogP contribution in [0, 0.1) is 0 Å². The monoisotopic (exact) mass is 339 g/mol. The molecule has 2 heterocycles. The van der Waals surface area contributed by atoms with Gasteiger partial charge in [-0.2, -0.15) is 0 Å². The minimum Gasteiger partial charge on any atom is -0.361 e. The van der Waals surface area contributed by atoms with Gasteiger partial charge in [0.15, 0.2) is 0 Å². The maximum atomic E-state index is 12.4. The lowest BCUT2D eigenvalue weighted by Gasteiger charge is -2.29. The van der Waals surface area contributed by atoms with Crippen LogP contribution >= 0.6 is 0 Å². The lowest BCUT2D eigenvalue weighted by molar-refractivity contribution is -0.138. The van der Waals surface area contributed by atoms with E-state index in [2.05, 4.69) is 23.2 Å². The van der Waals surface area contributed by atoms with Crippen LogP contribution in [-0.4, -0.2) is 40.1 Å². The number of imidazole rings is 1. The summed E-state index contributed by atoms with van der Waals surface area (Å²) in [4.78, 5) is 18.5. The summed E-state index contributed by atoms with van der Waals surface area (Å²) in [5.41, 5.74) is 2.63. The number of ether oxygens (including phenoxy) is 1. The van der Waals surface area contributed by atoms with E-state index in [1.807, 2.05) is 47.8 Å². The summed E-state index contributed by atoms with van der Waals surface area (Å²) < 4.78 is 7.63. The Labute approximate surface area is 148 Å². The zero-order chi connectivity index (χ0) is 17.6. The van der Waals surface area contributed by atoms with Gasteiger partial charge in [0.1, 0.15) is 18.5 Å². The van der Waals surface area contributed by atoms with Crippen molar-refractivity contribution in [1.29, 1.82) is 0 Å². The fourth-order valence-corrected chi connectivity index (χ4v) is 3.10. The number of carbonyl (C=O) groups excluding carboxylic acids is 1. The van der Waals surface area contributed by atoms with Crippen LogP contribution in [-0.2, 0) is 16.6 Å². The Kier molecular flexibility index (Phi) is 5.66. The van der Waals surface area contributed by atoms with E-state index in [9.17, 15) is 4.79 Å². The molecule has 132 valence electrons. The Morgan fingerprint density at radius 3 is 2.64 bits per heavy atom. The molecule has 1 saturated heterocycles. The molecule has 1 atom stereocenters. The second-order valence-electron chi connectivity index (χ2n) is 6.44. The molecule has 5 nitrogen and oxygen atoms in total. The SMILES string of the molecule is CC(OCC(=O)N1CCC(=Cc2ccccc2)CC1)c1nccn1C. The molecule has 0 aliphatic carbocycles. The van der Waals surface area contributed by atoms with Crippen molar-refractivity contribution in [2.75, 3.05) is 19.7 Å². The highest BCUT2D eigenvalue weighted by molar-refractivity contribution is 5.77. The van der Waals surface area contributed by atoms with Crippen molar-refractivity contribution in [3.8, 4) is 0 Å². The topological polar surface area (TPSA) is 47.4 Å². The van der Waals surface area contributed by atoms with Gasteiger partial charge in [0.2, 0.25) is 5.91 Å². The summed E-state index contributed by atoms with van der Waals surface area (Å²) in [6.45, 7) is 3.55. The number of aryl methyl sites for hydroxylation is 1. The molecule has 1 amide bonds. The second-order valence-corrected chi connectivity index (χ2v) is 6.44. The summed E-state index contributed by atoms with van der Waals surface area (Å²) in [6.07, 6.45) is 7.51. The average molecular weight is 339 g/mol. The zero-order valence-corrected chi connectivity index (χ0v) is 14.9. The Morgan fingerprint density at radius 1 is 1.28 bits per heavy atom. The lowest BCUT2D eigenvalue weighted by Crippen LogP contribution is -2.38. The average Bonchev–Trinajstić information content (AvgIpc) is 3.07. The first-order valence-electron chi connectivity index (χ1n) is 8.74. The summed E-state index contributed by atoms with van der Waals surface area (Å²) >= 11 is 0. The first kappa shape index (κ1) is 17.4. The van der Waals surface area contributed by atoms with Crippen molar-refractivity contribution in [2.24, 2.45) is 7.05 Å². The number of hydrogen-bond acceptors (Lipinski definition) is 3. The molecule has 3 rings (SSSR count). The molecular weight excluding hydrogens is 314 g/mol. The Balaban J connectivity index is 1.47. The summed E-state index contributed by atoms with van der Waals surface area (Å²) in [5.74, 6) is 0.888. The first-order valence-corrected chi connectivity index (χ1v) is 8.74. The molecule has 1 aromatic carbocycles. The van der Waals surface area contributed by atoms with E-state index in [4.69, 9.17) is 4.74 Å². The fourth-order valence-electron chi connectivity index (χ4n) is 3.10. The van der Waals surface area contributed by atoms with Crippen LogP contribution in [0.3, 0.4) is 0 Å². The number of carbonyl (C=O) groups is 1. The summed E-state index contributed by atoms with van der Waals surface area (Å²) in [6, 6.07) is 10.3. The molecule has 0 N–H and O–H groups in total. The predicted octanol–water partition coefficient (Wildman–Crippen LogP) is 3.20. The molecule has 1 fully saturated rings. The number of nitrogens with zero attached hydrogens (tertiary/aromatic N) is 3. The number of hydrogen-bond donors (Lipinski definition) is 0. The minimum absolute atomic E-state index is 0.0554. The van der Waals surface area contributed by atoms with Crippen molar-refractivity contribution in [3.05, 3.63) is 59.7 Å². The Bertz CT molecular complexity index is 726. The maximum Gasteiger partial charge on any atom is 0.248 e. The number of aromatic nitrogens is 2. The van der Waals surface area contributed by atoms with Gasteiger partial charge in [-0.1, -0.05) is 42.0 Å². The second kappa shape index (κ2) is 8.12. The summed E-state index contributed by atoms with van der Waals surface area (Å²) in [7, 11) is 1.93. The van der Waals surface area contributed by atoms with E-state index in [1.165, 1.54) is 11.1 Å². The predicted molar refractivity (Wildman–Crippen MR) is 97.8 cm³/mol. The molecular formula is C20H25N3O2. The van der Waals surface area contributed by atoms with Crippen molar-refractivity contribution in [2.45, 2.75) is 25.9 Å². The van der Waals surface area contributed by atoms with Crippen LogP contribution in [0.25, 0.3) is 6.08 Å². The molecule has 1 aromatic heterocycles. The van der Waals surface area contributed by atoms with E-state index in [0.29, 0.717) is 0 Å². The highest BCUT2D eigenvalue weighted by Gasteiger charge is 2.20. The summed E-state index contributed by atoms with van der Waals surface area (Å²) in [5, 5.41) is 0. The van der Waals surface area contributed by atoms with Gasteiger partial charge < -0.3 is 14.2 Å². The molecule has 1 unspecified atom stereocenters. The number of rotatable bonds is 5. The van der Waals surface area contributed by atoms with Crippen LogP contribution < -0.4 is 0 Å². The molecule has 1 aliphatic heterocycles. The highest BCUT2D eigenvalue weighted by Crippen LogP contribution is 2.20. The van der Waals surface area contributed by atoms with Crippen LogP contribution in [0.15, 0.2) is 48.3 Å². The zero-order valence-electron chi connectivity index (χ0n) is 14.9. The largest absolute Gasteiger partial charge is 0.361 e. The van der Waals surface area contributed by atoms with E-state index < -0.39 is 0 Å². The maximum absolute atomic E-state index is 12.4. The number of likely N-dealkylation sites (tertiary alicyclic amines) is 1. The van der Waals surface area contributed by atoms with Gasteiger partial charge >= 0.3 is 0 Å². The molecule has 0 saturated carbocycles. The van der Waals surface area contributed by atoms with Gasteiger partial charge in [-0.25, -0.2) is 4.98 Å². The molecule has 0 radical (unpaired) electrons. The number of benzene rings is 1. The van der Waals surface area contributed by atoms with Gasteiger partial charge in [0, 0.05) is 32.5 Å². The van der Waals surface area contributed by atoms with Gasteiger partial charge in [-0.05, 0) is 25.3 Å². The highest BCUT2D eigenvalue weighted by atomic mass is 16.5. The fraction of sp³-hybridized carbons (Fsp3) is 0.400. The number of amides is 1. The molecule has 25 heavy (non-hydrogen) atoms. The van der Waals surface area contributed by atoms with Gasteiger partial charge in [0.25, 0.3) is 0 Å². The van der Waals surface area contributed by atoms with Crippen LogP contribution in [0.5, 0.6) is 0 Å². The van der Waals surface area contributed by atoms with Gasteiger partial charge in [-0.15, -0.1) is 0 Å². The van der Waals surface area contributed by atoms with Gasteiger partial charge in [0.05, 0.1) is 0 Å². The van der Waals surface area contributed by atoms with E-state index in [0.717, 1.165) is 31.8 Å². The van der Waals surface area contributed by atoms with E-state index >= 15 is 0 Å². The third kappa shape index (κ3) is 4.57. The van der Waals surface area contributed by atoms with E-state index in [1.54, 1.807) is 6.20 Å². The molecule has 0 bridgehead atoms. The minimum atomic E-state index is -0.192. The van der Waals surface area contributed by atoms with Crippen molar-refractivity contribution in [3.63, 3.8) is 0 Å². The molecule has 2 aromatic rings. The Morgan fingerprint density at radius 2 is 2.00 bits per heavy atom. The van der Waals surface area contributed by atoms with Gasteiger partial charge in [-0.3, -0.25) is 4.79 Å². The van der Waals surface area contributed by atoms with Crippen molar-refractivity contribution < 1.29 is 9.53 Å².